The molecule has 0 radical (unpaired) electrons. The lowest BCUT2D eigenvalue weighted by Crippen LogP contribution is -2.14. The molecule has 0 aliphatic carbocycles. The Kier molecular flexibility index (Phi) is 3.69. The fraction of sp³-hybridized carbons (Fsp3) is 0.0909. The van der Waals surface area contributed by atoms with Crippen molar-refractivity contribution in [2.75, 3.05) is 5.32 Å². The molecule has 0 spiro atoms. The summed E-state index contributed by atoms with van der Waals surface area (Å²) >= 11 is 11.6. The van der Waals surface area contributed by atoms with Crippen LogP contribution in [0.1, 0.15) is 15.9 Å². The average Bonchev–Trinajstić information content (AvgIpc) is 2.72. The van der Waals surface area contributed by atoms with E-state index in [2.05, 4.69) is 15.4 Å². The van der Waals surface area contributed by atoms with Crippen molar-refractivity contribution >= 4 is 34.9 Å². The fourth-order valence-electron chi connectivity index (χ4n) is 1.42. The van der Waals surface area contributed by atoms with Crippen LogP contribution in [0.5, 0.6) is 0 Å². The predicted octanol–water partition coefficient (Wildman–Crippen LogP) is 2.25. The number of pyridine rings is 1. The zero-order valence-corrected chi connectivity index (χ0v) is 11.2. The van der Waals surface area contributed by atoms with E-state index in [0.717, 1.165) is 0 Å². The van der Waals surface area contributed by atoms with Crippen LogP contribution >= 0.6 is 23.2 Å². The number of nitrogens with zero attached hydrogens (tertiary/aromatic N) is 4. The average molecular weight is 296 g/mol. The van der Waals surface area contributed by atoms with Crippen LogP contribution in [-0.4, -0.2) is 20.7 Å². The van der Waals surface area contributed by atoms with Crippen molar-refractivity contribution in [1.82, 2.24) is 14.8 Å². The Labute approximate surface area is 118 Å². The number of halogens is 2. The number of carbonyl (C=O) groups is 1. The first-order valence-electron chi connectivity index (χ1n) is 5.07. The van der Waals surface area contributed by atoms with Gasteiger partial charge in [-0.25, -0.2) is 4.98 Å². The normalized spacial score (nSPS) is 10.0. The standard InChI is InChI=1S/C11H7Cl2N5O/c1-18-5-6(3-14)10(17-18)16-11(19)7-2-9(13)15-4-8(7)12/h2,4-5H,1H3,(H,16,17,19). The Hall–Kier alpha value is -2.10. The number of hydrogen-bond acceptors (Lipinski definition) is 4. The smallest absolute Gasteiger partial charge is 0.258 e. The van der Waals surface area contributed by atoms with Gasteiger partial charge in [-0.05, 0) is 6.07 Å². The van der Waals surface area contributed by atoms with Gasteiger partial charge in [0, 0.05) is 19.4 Å². The number of amides is 1. The van der Waals surface area contributed by atoms with Crippen LogP contribution in [0.2, 0.25) is 10.2 Å². The molecule has 0 aromatic carbocycles. The molecule has 2 heterocycles. The number of hydrogen-bond donors (Lipinski definition) is 1. The number of nitrogens with one attached hydrogen (secondary N) is 1. The van der Waals surface area contributed by atoms with Crippen LogP contribution in [0.4, 0.5) is 5.82 Å². The summed E-state index contributed by atoms with van der Waals surface area (Å²) in [5, 5.41) is 15.7. The molecule has 0 saturated carbocycles. The van der Waals surface area contributed by atoms with Crippen LogP contribution in [0, 0.1) is 11.3 Å². The summed E-state index contributed by atoms with van der Waals surface area (Å²) in [6.45, 7) is 0. The molecule has 96 valence electrons. The Morgan fingerprint density at radius 2 is 2.26 bits per heavy atom. The SMILES string of the molecule is Cn1cc(C#N)c(NC(=O)c2cc(Cl)ncc2Cl)n1. The van der Waals surface area contributed by atoms with Crippen LogP contribution in [0.3, 0.4) is 0 Å². The number of aromatic nitrogens is 3. The molecule has 0 saturated heterocycles. The van der Waals surface area contributed by atoms with E-state index in [-0.39, 0.29) is 27.1 Å². The van der Waals surface area contributed by atoms with Gasteiger partial charge in [0.1, 0.15) is 16.8 Å². The van der Waals surface area contributed by atoms with Gasteiger partial charge < -0.3 is 5.32 Å². The summed E-state index contributed by atoms with van der Waals surface area (Å²) in [4.78, 5) is 15.8. The van der Waals surface area contributed by atoms with Crippen LogP contribution in [-0.2, 0) is 7.05 Å². The topological polar surface area (TPSA) is 83.6 Å². The zero-order valence-electron chi connectivity index (χ0n) is 9.69. The molecule has 2 rings (SSSR count). The van der Waals surface area contributed by atoms with Gasteiger partial charge in [-0.1, -0.05) is 23.2 Å². The van der Waals surface area contributed by atoms with Crippen molar-refractivity contribution in [3.8, 4) is 6.07 Å². The minimum absolute atomic E-state index is 0.149. The molecule has 6 nitrogen and oxygen atoms in total. The summed E-state index contributed by atoms with van der Waals surface area (Å²) in [6.07, 6.45) is 2.78. The lowest BCUT2D eigenvalue weighted by Gasteiger charge is -2.04. The fourth-order valence-corrected chi connectivity index (χ4v) is 1.77. The van der Waals surface area contributed by atoms with E-state index >= 15 is 0 Å². The van der Waals surface area contributed by atoms with Crippen LogP contribution in [0.15, 0.2) is 18.5 Å². The summed E-state index contributed by atoms with van der Waals surface area (Å²) in [5.41, 5.74) is 0.420. The maximum absolute atomic E-state index is 12.0. The Balaban J connectivity index is 2.31. The van der Waals surface area contributed by atoms with Crippen molar-refractivity contribution < 1.29 is 4.79 Å². The van der Waals surface area contributed by atoms with E-state index in [1.54, 1.807) is 7.05 Å². The van der Waals surface area contributed by atoms with E-state index in [1.165, 1.54) is 23.1 Å². The second-order valence-electron chi connectivity index (χ2n) is 3.62. The van der Waals surface area contributed by atoms with Crippen molar-refractivity contribution in [2.45, 2.75) is 0 Å². The third-order valence-electron chi connectivity index (χ3n) is 2.25. The van der Waals surface area contributed by atoms with Crippen LogP contribution in [0.25, 0.3) is 0 Å². The summed E-state index contributed by atoms with van der Waals surface area (Å²) in [7, 11) is 1.65. The van der Waals surface area contributed by atoms with Gasteiger partial charge in [-0.15, -0.1) is 0 Å². The van der Waals surface area contributed by atoms with E-state index < -0.39 is 5.91 Å². The maximum atomic E-state index is 12.0. The molecule has 19 heavy (non-hydrogen) atoms. The lowest BCUT2D eigenvalue weighted by molar-refractivity contribution is 0.102. The molecule has 0 unspecified atom stereocenters. The molecule has 2 aromatic rings. The van der Waals surface area contributed by atoms with E-state index in [4.69, 9.17) is 28.5 Å². The molecule has 1 N–H and O–H groups in total. The Morgan fingerprint density at radius 3 is 2.95 bits per heavy atom. The first kappa shape index (κ1) is 13.3. The van der Waals surface area contributed by atoms with Gasteiger partial charge >= 0.3 is 0 Å². The zero-order chi connectivity index (χ0) is 14.0. The molecule has 0 aliphatic heterocycles. The summed E-state index contributed by atoms with van der Waals surface area (Å²) < 4.78 is 1.43. The predicted molar refractivity (Wildman–Crippen MR) is 70.1 cm³/mol. The second-order valence-corrected chi connectivity index (χ2v) is 4.41. The number of carbonyl (C=O) groups excluding carboxylic acids is 1. The third kappa shape index (κ3) is 2.84. The number of nitriles is 1. The van der Waals surface area contributed by atoms with Crippen molar-refractivity contribution in [2.24, 2.45) is 7.05 Å². The first-order chi connectivity index (χ1) is 9.01. The van der Waals surface area contributed by atoms with Gasteiger partial charge in [0.25, 0.3) is 5.91 Å². The minimum Gasteiger partial charge on any atom is -0.304 e. The quantitative estimate of drug-likeness (QED) is 0.861. The highest BCUT2D eigenvalue weighted by atomic mass is 35.5. The molecule has 1 amide bonds. The highest BCUT2D eigenvalue weighted by Crippen LogP contribution is 2.20. The lowest BCUT2D eigenvalue weighted by atomic mass is 10.2. The molecule has 8 heteroatoms. The summed E-state index contributed by atoms with van der Waals surface area (Å²) in [6, 6.07) is 3.27. The molecular weight excluding hydrogens is 289 g/mol. The van der Waals surface area contributed by atoms with Gasteiger partial charge in [-0.3, -0.25) is 9.48 Å². The highest BCUT2D eigenvalue weighted by molar-refractivity contribution is 6.35. The first-order valence-corrected chi connectivity index (χ1v) is 5.83. The van der Waals surface area contributed by atoms with Crippen molar-refractivity contribution in [3.05, 3.63) is 39.8 Å². The number of rotatable bonds is 2. The third-order valence-corrected chi connectivity index (χ3v) is 2.76. The number of aryl methyl sites for hydroxylation is 1. The minimum atomic E-state index is -0.510. The largest absolute Gasteiger partial charge is 0.304 e. The van der Waals surface area contributed by atoms with Crippen molar-refractivity contribution in [1.29, 1.82) is 5.26 Å². The maximum Gasteiger partial charge on any atom is 0.258 e. The van der Waals surface area contributed by atoms with E-state index in [0.29, 0.717) is 0 Å². The number of anilines is 1. The molecule has 2 aromatic heterocycles. The Morgan fingerprint density at radius 1 is 1.53 bits per heavy atom. The highest BCUT2D eigenvalue weighted by Gasteiger charge is 2.15. The Bertz CT molecular complexity index is 689. The van der Waals surface area contributed by atoms with Gasteiger partial charge in [0.05, 0.1) is 10.6 Å². The monoisotopic (exact) mass is 295 g/mol. The second kappa shape index (κ2) is 5.26. The molecule has 0 bridgehead atoms. The van der Waals surface area contributed by atoms with Gasteiger partial charge in [0.15, 0.2) is 5.82 Å². The van der Waals surface area contributed by atoms with Gasteiger partial charge in [0.2, 0.25) is 0 Å². The molecule has 0 aliphatic rings. The molecular formula is C11H7Cl2N5O. The molecule has 0 atom stereocenters. The van der Waals surface area contributed by atoms with E-state index in [1.807, 2.05) is 6.07 Å². The van der Waals surface area contributed by atoms with E-state index in [9.17, 15) is 4.79 Å². The van der Waals surface area contributed by atoms with Gasteiger partial charge in [-0.2, -0.15) is 10.4 Å². The molecule has 0 fully saturated rings. The van der Waals surface area contributed by atoms with Crippen LogP contribution < -0.4 is 5.32 Å². The van der Waals surface area contributed by atoms with Crippen molar-refractivity contribution in [3.63, 3.8) is 0 Å². The summed E-state index contributed by atoms with van der Waals surface area (Å²) in [5.74, 6) is -0.344.